The Labute approximate surface area is 385 Å². The van der Waals surface area contributed by atoms with E-state index in [9.17, 15) is 0 Å². The average Bonchev–Trinajstić information content (AvgIpc) is 3.28. The van der Waals surface area contributed by atoms with Crippen LogP contribution in [-0.4, -0.2) is 0 Å². The molecule has 0 saturated carbocycles. The van der Waals surface area contributed by atoms with Gasteiger partial charge in [-0.1, -0.05) is 163 Å². The van der Waals surface area contributed by atoms with Gasteiger partial charge in [0.1, 0.15) is 0 Å². The minimum atomic E-state index is -0.102. The highest BCUT2D eigenvalue weighted by Gasteiger charge is 2.26. The van der Waals surface area contributed by atoms with Gasteiger partial charge in [0.05, 0.1) is 33.4 Å². The van der Waals surface area contributed by atoms with Crippen molar-refractivity contribution in [3.63, 3.8) is 0 Å². The Balaban J connectivity index is 1.84. The van der Waals surface area contributed by atoms with Crippen molar-refractivity contribution in [3.05, 3.63) is 161 Å². The SMILES string of the molecule is C#Cc1cc(C(C)(C)C)ccc1C#CC1=C(C#Cc2ccc(C(C)(C)C)cc2C#C)C(C#Cc2c(C#C)cc(CCCC)cc2C#C)=C1C#Cc1c(C#C)cc(CCCC)cc1C#C. The Morgan fingerprint density at radius 1 is 0.359 bits per heavy atom. The van der Waals surface area contributed by atoms with E-state index in [-0.39, 0.29) is 10.8 Å². The van der Waals surface area contributed by atoms with E-state index in [4.69, 9.17) is 38.5 Å². The van der Waals surface area contributed by atoms with E-state index in [2.05, 4.69) is 150 Å². The van der Waals surface area contributed by atoms with E-state index < -0.39 is 0 Å². The third kappa shape index (κ3) is 10.9. The molecule has 0 radical (unpaired) electrons. The zero-order chi connectivity index (χ0) is 46.6. The Kier molecular flexibility index (Phi) is 15.2. The van der Waals surface area contributed by atoms with Crippen molar-refractivity contribution in [2.45, 2.75) is 105 Å². The van der Waals surface area contributed by atoms with Crippen LogP contribution in [0, 0.1) is 121 Å². The fourth-order valence-electron chi connectivity index (χ4n) is 7.10. The fraction of sp³-hybridized carbons (Fsp3) is 0.250. The summed E-state index contributed by atoms with van der Waals surface area (Å²) >= 11 is 0. The molecule has 0 amide bonds. The van der Waals surface area contributed by atoms with Crippen LogP contribution in [0.5, 0.6) is 0 Å². The summed E-state index contributed by atoms with van der Waals surface area (Å²) in [7, 11) is 0. The summed E-state index contributed by atoms with van der Waals surface area (Å²) in [6, 6.07) is 20.0. The maximum absolute atomic E-state index is 6.10. The molecule has 0 atom stereocenters. The maximum Gasteiger partial charge on any atom is 0.0588 e. The lowest BCUT2D eigenvalue weighted by Gasteiger charge is -2.20. The van der Waals surface area contributed by atoms with Crippen molar-refractivity contribution in [2.75, 3.05) is 0 Å². The molecule has 0 saturated heterocycles. The van der Waals surface area contributed by atoms with Crippen molar-refractivity contribution in [1.82, 2.24) is 0 Å². The van der Waals surface area contributed by atoms with Gasteiger partial charge in [0.25, 0.3) is 0 Å². The molecule has 0 aromatic heterocycles. The smallest absolute Gasteiger partial charge is 0.0588 e. The molecule has 0 fully saturated rings. The van der Waals surface area contributed by atoms with Gasteiger partial charge in [-0.2, -0.15) is 0 Å². The van der Waals surface area contributed by atoms with Gasteiger partial charge < -0.3 is 0 Å². The first-order chi connectivity index (χ1) is 30.6. The first kappa shape index (κ1) is 47.0. The second kappa shape index (κ2) is 20.7. The molecule has 1 aliphatic carbocycles. The highest BCUT2D eigenvalue weighted by molar-refractivity contribution is 5.84. The van der Waals surface area contributed by atoms with E-state index in [0.29, 0.717) is 77.9 Å². The Morgan fingerprint density at radius 3 is 0.922 bits per heavy atom. The topological polar surface area (TPSA) is 0 Å². The Bertz CT molecular complexity index is 2860. The molecule has 0 heterocycles. The molecule has 0 aliphatic heterocycles. The molecule has 0 nitrogen and oxygen atoms in total. The second-order valence-corrected chi connectivity index (χ2v) is 17.7. The van der Waals surface area contributed by atoms with Crippen LogP contribution in [0.25, 0.3) is 0 Å². The van der Waals surface area contributed by atoms with Crippen molar-refractivity contribution < 1.29 is 0 Å². The number of hydrogen-bond donors (Lipinski definition) is 0. The molecule has 0 unspecified atom stereocenters. The Hall–Kier alpha value is -8.04. The first-order valence-electron chi connectivity index (χ1n) is 21.6. The van der Waals surface area contributed by atoms with Crippen LogP contribution in [0.15, 0.2) is 83.0 Å². The summed E-state index contributed by atoms with van der Waals surface area (Å²) in [5.74, 6) is 44.0. The number of unbranched alkanes of at least 4 members (excludes halogenated alkanes) is 2. The lowest BCUT2D eigenvalue weighted by atomic mass is 9.80. The maximum atomic E-state index is 6.10. The molecule has 0 spiro atoms. The van der Waals surface area contributed by atoms with Crippen LogP contribution in [0.1, 0.15) is 159 Å². The lowest BCUT2D eigenvalue weighted by Crippen LogP contribution is -2.11. The van der Waals surface area contributed by atoms with Crippen LogP contribution >= 0.6 is 0 Å². The number of allylic oxidation sites excluding steroid dienone is 4. The van der Waals surface area contributed by atoms with Crippen LogP contribution in [0.4, 0.5) is 0 Å². The zero-order valence-electron chi connectivity index (χ0n) is 38.5. The van der Waals surface area contributed by atoms with Gasteiger partial charge in [-0.3, -0.25) is 0 Å². The largest absolute Gasteiger partial charge is 0.115 e. The van der Waals surface area contributed by atoms with Gasteiger partial charge in [0.15, 0.2) is 0 Å². The molecular formula is C64H52. The van der Waals surface area contributed by atoms with E-state index in [0.717, 1.165) is 60.8 Å². The van der Waals surface area contributed by atoms with Gasteiger partial charge in [0, 0.05) is 44.5 Å². The van der Waals surface area contributed by atoms with E-state index >= 15 is 0 Å². The normalized spacial score (nSPS) is 11.4. The van der Waals surface area contributed by atoms with Crippen molar-refractivity contribution >= 4 is 0 Å². The predicted molar refractivity (Wildman–Crippen MR) is 270 cm³/mol. The molecule has 4 aromatic carbocycles. The highest BCUT2D eigenvalue weighted by atomic mass is 14.3. The van der Waals surface area contributed by atoms with Gasteiger partial charge in [-0.05, 0) is 107 Å². The Morgan fingerprint density at radius 2 is 0.656 bits per heavy atom. The van der Waals surface area contributed by atoms with Crippen molar-refractivity contribution in [1.29, 1.82) is 0 Å². The molecule has 4 aromatic rings. The minimum Gasteiger partial charge on any atom is -0.115 e. The molecule has 5 rings (SSSR count). The summed E-state index contributed by atoms with van der Waals surface area (Å²) in [6.07, 6.45) is 42.4. The quantitative estimate of drug-likeness (QED) is 0.170. The first-order valence-corrected chi connectivity index (χ1v) is 21.6. The monoisotopic (exact) mass is 820 g/mol. The van der Waals surface area contributed by atoms with Gasteiger partial charge in [-0.15, -0.1) is 38.5 Å². The summed E-state index contributed by atoms with van der Waals surface area (Å²) in [5.41, 5.74) is 12.9. The summed E-state index contributed by atoms with van der Waals surface area (Å²) in [6.45, 7) is 17.2. The number of aryl methyl sites for hydroxylation is 2. The number of rotatable bonds is 6. The van der Waals surface area contributed by atoms with Crippen LogP contribution < -0.4 is 0 Å². The highest BCUT2D eigenvalue weighted by Crippen LogP contribution is 2.36. The number of benzene rings is 4. The third-order valence-corrected chi connectivity index (χ3v) is 11.0. The standard InChI is InChI=1S/C64H52/c1-15-23-25-45-39-49(19-5)57(50(20-6)40-45)35-37-61-59(33-29-53-27-31-55(63(9,10)11)43-47(53)17-3)60(34-30-54-28-32-56(64(12,13)14)44-48(54)18-4)62(61)38-36-58-51(21-7)41-46(26-24-16-2)42-52(58)22-8/h3-8,27-28,31-32,39-44H,15-16,23-26H2,1-2,9-14H3. The van der Waals surface area contributed by atoms with Gasteiger partial charge in [-0.25, -0.2) is 0 Å². The van der Waals surface area contributed by atoms with Crippen LogP contribution in [0.3, 0.4) is 0 Å². The molecule has 1 aliphatic rings. The van der Waals surface area contributed by atoms with E-state index in [1.54, 1.807) is 0 Å². The van der Waals surface area contributed by atoms with Gasteiger partial charge in [0.2, 0.25) is 0 Å². The van der Waals surface area contributed by atoms with Gasteiger partial charge >= 0.3 is 0 Å². The number of hydrogen-bond acceptors (Lipinski definition) is 0. The van der Waals surface area contributed by atoms with E-state index in [1.165, 1.54) is 0 Å². The van der Waals surface area contributed by atoms with Crippen molar-refractivity contribution in [2.24, 2.45) is 0 Å². The second-order valence-electron chi connectivity index (χ2n) is 17.7. The summed E-state index contributed by atoms with van der Waals surface area (Å²) < 4.78 is 0. The summed E-state index contributed by atoms with van der Waals surface area (Å²) in [5, 5.41) is 0. The predicted octanol–water partition coefficient (Wildman–Crippen LogP) is 12.0. The molecule has 0 bridgehead atoms. The van der Waals surface area contributed by atoms with Crippen LogP contribution in [-0.2, 0) is 23.7 Å². The molecular weight excluding hydrogens is 769 g/mol. The van der Waals surface area contributed by atoms with E-state index in [1.807, 2.05) is 48.5 Å². The molecule has 0 heteroatoms. The summed E-state index contributed by atoms with van der Waals surface area (Å²) in [4.78, 5) is 0. The van der Waals surface area contributed by atoms with Crippen LogP contribution in [0.2, 0.25) is 0 Å². The average molecular weight is 821 g/mol. The fourth-order valence-corrected chi connectivity index (χ4v) is 7.10. The molecule has 64 heavy (non-hydrogen) atoms. The third-order valence-electron chi connectivity index (χ3n) is 11.0. The zero-order valence-corrected chi connectivity index (χ0v) is 38.5. The molecule has 0 N–H and O–H groups in total. The lowest BCUT2D eigenvalue weighted by molar-refractivity contribution is 0.590. The molecule has 308 valence electrons. The van der Waals surface area contributed by atoms with Crippen molar-refractivity contribution in [3.8, 4) is 121 Å². The number of terminal acetylenes is 6. The minimum absolute atomic E-state index is 0.102.